The van der Waals surface area contributed by atoms with Gasteiger partial charge in [0.1, 0.15) is 0 Å². The van der Waals surface area contributed by atoms with E-state index in [2.05, 4.69) is 41.1 Å². The van der Waals surface area contributed by atoms with Crippen LogP contribution >= 0.6 is 0 Å². The van der Waals surface area contributed by atoms with Crippen molar-refractivity contribution in [2.45, 2.75) is 64.0 Å². The molecule has 3 heterocycles. The van der Waals surface area contributed by atoms with Crippen molar-refractivity contribution in [1.29, 1.82) is 0 Å². The van der Waals surface area contributed by atoms with E-state index in [0.717, 1.165) is 31.2 Å². The molecular formula is C15H26N4O. The Morgan fingerprint density at radius 1 is 1.20 bits per heavy atom. The van der Waals surface area contributed by atoms with Crippen molar-refractivity contribution in [2.75, 3.05) is 19.6 Å². The Bertz CT molecular complexity index is 445. The Morgan fingerprint density at radius 2 is 1.95 bits per heavy atom. The zero-order valence-electron chi connectivity index (χ0n) is 12.9. The maximum atomic E-state index is 5.58. The summed E-state index contributed by atoms with van der Waals surface area (Å²) in [5.41, 5.74) is -0.0417. The molecule has 0 saturated carbocycles. The third-order valence-electron chi connectivity index (χ3n) is 4.47. The van der Waals surface area contributed by atoms with E-state index in [-0.39, 0.29) is 5.41 Å². The first-order valence-corrected chi connectivity index (χ1v) is 7.86. The molecular weight excluding hydrogens is 252 g/mol. The largest absolute Gasteiger partial charge is 0.338 e. The Balaban J connectivity index is 1.76. The fourth-order valence-electron chi connectivity index (χ4n) is 3.30. The van der Waals surface area contributed by atoms with E-state index in [0.29, 0.717) is 12.1 Å². The normalized spacial score (nSPS) is 26.2. The molecule has 1 aromatic heterocycles. The van der Waals surface area contributed by atoms with E-state index in [1.165, 1.54) is 25.8 Å². The number of likely N-dealkylation sites (tertiary alicyclic amines) is 1. The summed E-state index contributed by atoms with van der Waals surface area (Å²) in [5.74, 6) is 1.65. The topological polar surface area (TPSA) is 54.2 Å². The molecule has 1 atom stereocenters. The van der Waals surface area contributed by atoms with Crippen molar-refractivity contribution in [3.8, 4) is 0 Å². The number of rotatable bonds is 2. The molecule has 2 fully saturated rings. The van der Waals surface area contributed by atoms with Crippen molar-refractivity contribution in [1.82, 2.24) is 20.4 Å². The van der Waals surface area contributed by atoms with Crippen molar-refractivity contribution in [3.63, 3.8) is 0 Å². The molecule has 0 radical (unpaired) electrons. The van der Waals surface area contributed by atoms with Crippen molar-refractivity contribution in [2.24, 2.45) is 0 Å². The Hall–Kier alpha value is -0.940. The third kappa shape index (κ3) is 2.74. The van der Waals surface area contributed by atoms with Gasteiger partial charge in [-0.05, 0) is 45.3 Å². The second-order valence-corrected chi connectivity index (χ2v) is 7.08. The van der Waals surface area contributed by atoms with Crippen LogP contribution in [-0.2, 0) is 5.41 Å². The van der Waals surface area contributed by atoms with Gasteiger partial charge in [-0.2, -0.15) is 4.98 Å². The van der Waals surface area contributed by atoms with Gasteiger partial charge in [-0.25, -0.2) is 0 Å². The zero-order valence-corrected chi connectivity index (χ0v) is 12.9. The third-order valence-corrected chi connectivity index (χ3v) is 4.47. The molecule has 0 spiro atoms. The molecule has 2 aliphatic rings. The molecule has 20 heavy (non-hydrogen) atoms. The average molecular weight is 278 g/mol. The number of piperidine rings is 1. The lowest BCUT2D eigenvalue weighted by Crippen LogP contribution is -2.42. The van der Waals surface area contributed by atoms with Crippen molar-refractivity contribution in [3.05, 3.63) is 11.7 Å². The minimum Gasteiger partial charge on any atom is -0.338 e. The van der Waals surface area contributed by atoms with Gasteiger partial charge in [0.25, 0.3) is 0 Å². The highest BCUT2D eigenvalue weighted by molar-refractivity contribution is 5.04. The van der Waals surface area contributed by atoms with Crippen LogP contribution in [0.4, 0.5) is 0 Å². The molecule has 0 aliphatic carbocycles. The van der Waals surface area contributed by atoms with Crippen LogP contribution in [0.5, 0.6) is 0 Å². The van der Waals surface area contributed by atoms with E-state index >= 15 is 0 Å². The number of hydrogen-bond donors (Lipinski definition) is 1. The smallest absolute Gasteiger partial charge is 0.244 e. The lowest BCUT2D eigenvalue weighted by Gasteiger charge is -2.34. The van der Waals surface area contributed by atoms with Crippen LogP contribution in [0.1, 0.15) is 64.2 Å². The van der Waals surface area contributed by atoms with E-state index in [1.807, 2.05) is 0 Å². The van der Waals surface area contributed by atoms with Gasteiger partial charge in [-0.15, -0.1) is 0 Å². The van der Waals surface area contributed by atoms with Crippen LogP contribution in [0.25, 0.3) is 0 Å². The zero-order chi connectivity index (χ0) is 14.2. The fraction of sp³-hybridized carbons (Fsp3) is 0.867. The maximum absolute atomic E-state index is 5.58. The molecule has 0 amide bonds. The SMILES string of the molecule is CC(C)(C)c1noc(C2CCCN2C2CCNCC2)n1. The summed E-state index contributed by atoms with van der Waals surface area (Å²) in [6.45, 7) is 9.81. The van der Waals surface area contributed by atoms with Gasteiger partial charge in [0.2, 0.25) is 5.89 Å². The Morgan fingerprint density at radius 3 is 2.60 bits per heavy atom. The van der Waals surface area contributed by atoms with Crippen LogP contribution < -0.4 is 5.32 Å². The molecule has 0 aromatic carbocycles. The molecule has 3 rings (SSSR count). The van der Waals surface area contributed by atoms with E-state index in [9.17, 15) is 0 Å². The highest BCUT2D eigenvalue weighted by Gasteiger charge is 2.36. The summed E-state index contributed by atoms with van der Waals surface area (Å²) in [6.07, 6.45) is 4.85. The second-order valence-electron chi connectivity index (χ2n) is 7.08. The number of nitrogens with zero attached hydrogens (tertiary/aromatic N) is 3. The van der Waals surface area contributed by atoms with Crippen LogP contribution in [-0.4, -0.2) is 40.7 Å². The molecule has 0 bridgehead atoms. The van der Waals surface area contributed by atoms with Gasteiger partial charge in [0.15, 0.2) is 5.82 Å². The number of nitrogens with one attached hydrogen (secondary N) is 1. The van der Waals surface area contributed by atoms with Gasteiger partial charge < -0.3 is 9.84 Å². The predicted octanol–water partition coefficient (Wildman–Crippen LogP) is 2.26. The highest BCUT2D eigenvalue weighted by atomic mass is 16.5. The van der Waals surface area contributed by atoms with Crippen LogP contribution in [0, 0.1) is 0 Å². The molecule has 2 saturated heterocycles. The first-order chi connectivity index (χ1) is 9.55. The van der Waals surface area contributed by atoms with E-state index in [1.54, 1.807) is 0 Å². The highest BCUT2D eigenvalue weighted by Crippen LogP contribution is 2.35. The van der Waals surface area contributed by atoms with E-state index in [4.69, 9.17) is 4.52 Å². The minimum absolute atomic E-state index is 0.0417. The fourth-order valence-corrected chi connectivity index (χ4v) is 3.30. The van der Waals surface area contributed by atoms with Gasteiger partial charge in [0, 0.05) is 11.5 Å². The first-order valence-electron chi connectivity index (χ1n) is 7.86. The van der Waals surface area contributed by atoms with Crippen LogP contribution in [0.15, 0.2) is 4.52 Å². The van der Waals surface area contributed by atoms with Gasteiger partial charge >= 0.3 is 0 Å². The second kappa shape index (κ2) is 5.45. The number of aromatic nitrogens is 2. The quantitative estimate of drug-likeness (QED) is 0.899. The molecule has 2 aliphatic heterocycles. The Labute approximate surface area is 121 Å². The summed E-state index contributed by atoms with van der Waals surface area (Å²) in [5, 5.41) is 7.63. The first kappa shape index (κ1) is 14.0. The van der Waals surface area contributed by atoms with E-state index < -0.39 is 0 Å². The predicted molar refractivity (Wildman–Crippen MR) is 77.6 cm³/mol. The molecule has 112 valence electrons. The van der Waals surface area contributed by atoms with Crippen LogP contribution in [0.3, 0.4) is 0 Å². The maximum Gasteiger partial charge on any atom is 0.244 e. The Kier molecular flexibility index (Phi) is 3.82. The average Bonchev–Trinajstić information content (AvgIpc) is 3.07. The molecule has 5 nitrogen and oxygen atoms in total. The van der Waals surface area contributed by atoms with Crippen LogP contribution in [0.2, 0.25) is 0 Å². The lowest BCUT2D eigenvalue weighted by atomic mass is 9.96. The summed E-state index contributed by atoms with van der Waals surface area (Å²) >= 11 is 0. The van der Waals surface area contributed by atoms with Gasteiger partial charge in [-0.3, -0.25) is 4.90 Å². The number of hydrogen-bond acceptors (Lipinski definition) is 5. The van der Waals surface area contributed by atoms with Crippen molar-refractivity contribution >= 4 is 0 Å². The molecule has 1 unspecified atom stereocenters. The molecule has 1 aromatic rings. The summed E-state index contributed by atoms with van der Waals surface area (Å²) in [6, 6.07) is 1.01. The minimum atomic E-state index is -0.0417. The van der Waals surface area contributed by atoms with Gasteiger partial charge in [-0.1, -0.05) is 25.9 Å². The summed E-state index contributed by atoms with van der Waals surface area (Å²) in [7, 11) is 0. The monoisotopic (exact) mass is 278 g/mol. The summed E-state index contributed by atoms with van der Waals surface area (Å²) in [4.78, 5) is 7.27. The van der Waals surface area contributed by atoms with Crippen molar-refractivity contribution < 1.29 is 4.52 Å². The molecule has 1 N–H and O–H groups in total. The summed E-state index contributed by atoms with van der Waals surface area (Å²) < 4.78 is 5.58. The standard InChI is InChI=1S/C15H26N4O/c1-15(2,3)14-17-13(20-18-14)12-5-4-10-19(12)11-6-8-16-9-7-11/h11-12,16H,4-10H2,1-3H3. The van der Waals surface area contributed by atoms with Gasteiger partial charge in [0.05, 0.1) is 6.04 Å². The molecule has 5 heteroatoms. The lowest BCUT2D eigenvalue weighted by molar-refractivity contribution is 0.126.